The third-order valence-corrected chi connectivity index (χ3v) is 5.42. The number of nitrogens with one attached hydrogen (secondary N) is 1. The van der Waals surface area contributed by atoms with Crippen LogP contribution in [0.2, 0.25) is 5.02 Å². The normalized spacial score (nSPS) is 10.9. The maximum Gasteiger partial charge on any atom is 0.387 e. The van der Waals surface area contributed by atoms with Crippen LogP contribution >= 0.6 is 23.4 Å². The summed E-state index contributed by atoms with van der Waals surface area (Å²) in [6, 6.07) is 10.1. The van der Waals surface area contributed by atoms with Crippen LogP contribution in [-0.4, -0.2) is 38.0 Å². The molecule has 0 aliphatic rings. The number of rotatable bonds is 9. The van der Waals surface area contributed by atoms with E-state index in [9.17, 15) is 23.7 Å². The first kappa shape index (κ1) is 23.4. The molecular formula is C19H16ClF2N5O4S. The molecular weight excluding hydrogens is 468 g/mol. The number of anilines is 1. The number of thioether (sulfide) groups is 1. The largest absolute Gasteiger partial charge is 0.434 e. The fraction of sp³-hybridized carbons (Fsp3) is 0.211. The predicted octanol–water partition coefficient (Wildman–Crippen LogP) is 4.86. The summed E-state index contributed by atoms with van der Waals surface area (Å²) in [6.07, 6.45) is 0. The molecule has 9 nitrogen and oxygen atoms in total. The summed E-state index contributed by atoms with van der Waals surface area (Å²) in [4.78, 5) is 22.6. The quantitative estimate of drug-likeness (QED) is 0.263. The van der Waals surface area contributed by atoms with E-state index in [0.29, 0.717) is 23.1 Å². The monoisotopic (exact) mass is 483 g/mol. The third-order valence-electron chi connectivity index (χ3n) is 4.14. The number of alkyl halides is 2. The molecule has 1 N–H and O–H groups in total. The molecule has 0 radical (unpaired) electrons. The maximum absolute atomic E-state index is 12.7. The Morgan fingerprint density at radius 1 is 1.31 bits per heavy atom. The molecule has 32 heavy (non-hydrogen) atoms. The van der Waals surface area contributed by atoms with E-state index in [1.807, 2.05) is 6.92 Å². The van der Waals surface area contributed by atoms with Gasteiger partial charge in [-0.15, -0.1) is 10.2 Å². The number of hydrogen-bond donors (Lipinski definition) is 1. The highest BCUT2D eigenvalue weighted by Crippen LogP contribution is 2.32. The molecule has 0 unspecified atom stereocenters. The SMILES string of the molecule is CCn1c(SCC(=O)Nc2ccc(Cl)c([N+](=O)[O-])c2)nnc1-c1ccccc1OC(F)F. The van der Waals surface area contributed by atoms with E-state index in [0.717, 1.165) is 17.8 Å². The van der Waals surface area contributed by atoms with Crippen LogP contribution in [0.3, 0.4) is 0 Å². The van der Waals surface area contributed by atoms with E-state index in [1.54, 1.807) is 22.8 Å². The molecule has 3 rings (SSSR count). The molecule has 1 amide bonds. The van der Waals surface area contributed by atoms with Crippen LogP contribution in [0.1, 0.15) is 6.92 Å². The van der Waals surface area contributed by atoms with Crippen molar-refractivity contribution in [1.29, 1.82) is 0 Å². The Morgan fingerprint density at radius 3 is 2.75 bits per heavy atom. The number of para-hydroxylation sites is 1. The number of nitro groups is 1. The number of halogens is 3. The summed E-state index contributed by atoms with van der Waals surface area (Å²) in [5.41, 5.74) is 0.242. The summed E-state index contributed by atoms with van der Waals surface area (Å²) < 4.78 is 31.7. The van der Waals surface area contributed by atoms with Gasteiger partial charge in [0, 0.05) is 18.3 Å². The van der Waals surface area contributed by atoms with Crippen molar-refractivity contribution in [2.24, 2.45) is 0 Å². The van der Waals surface area contributed by atoms with E-state index < -0.39 is 17.4 Å². The first-order chi connectivity index (χ1) is 15.3. The van der Waals surface area contributed by atoms with Gasteiger partial charge < -0.3 is 14.6 Å². The Bertz CT molecular complexity index is 1140. The highest BCUT2D eigenvalue weighted by atomic mass is 35.5. The third kappa shape index (κ3) is 5.51. The van der Waals surface area contributed by atoms with Gasteiger partial charge in [-0.3, -0.25) is 14.9 Å². The Morgan fingerprint density at radius 2 is 2.06 bits per heavy atom. The second-order valence-corrected chi connectivity index (χ2v) is 7.53. The maximum atomic E-state index is 12.7. The lowest BCUT2D eigenvalue weighted by Crippen LogP contribution is -2.14. The molecule has 0 aliphatic carbocycles. The first-order valence-corrected chi connectivity index (χ1v) is 10.5. The van der Waals surface area contributed by atoms with Gasteiger partial charge in [0.25, 0.3) is 5.69 Å². The van der Waals surface area contributed by atoms with Gasteiger partial charge in [0.2, 0.25) is 5.91 Å². The first-order valence-electron chi connectivity index (χ1n) is 9.14. The van der Waals surface area contributed by atoms with Crippen molar-refractivity contribution in [2.45, 2.75) is 25.2 Å². The standard InChI is InChI=1S/C19H16ClF2N5O4S/c1-2-26-17(12-5-3-4-6-15(12)31-18(21)22)24-25-19(26)32-10-16(28)23-11-7-8-13(20)14(9-11)27(29)30/h3-9,18H,2,10H2,1H3,(H,23,28). The van der Waals surface area contributed by atoms with Crippen LogP contribution in [0.5, 0.6) is 5.75 Å². The van der Waals surface area contributed by atoms with Crippen LogP contribution in [0.15, 0.2) is 47.6 Å². The lowest BCUT2D eigenvalue weighted by Gasteiger charge is -2.11. The summed E-state index contributed by atoms with van der Waals surface area (Å²) >= 11 is 6.84. The number of ether oxygens (including phenoxy) is 1. The Labute approximate surface area is 189 Å². The molecule has 0 atom stereocenters. The van der Waals surface area contributed by atoms with Crippen molar-refractivity contribution < 1.29 is 23.2 Å². The fourth-order valence-electron chi connectivity index (χ4n) is 2.79. The van der Waals surface area contributed by atoms with E-state index in [2.05, 4.69) is 20.3 Å². The second-order valence-electron chi connectivity index (χ2n) is 6.19. The zero-order chi connectivity index (χ0) is 23.3. The topological polar surface area (TPSA) is 112 Å². The van der Waals surface area contributed by atoms with Crippen molar-refractivity contribution >= 4 is 40.6 Å². The minimum atomic E-state index is -2.99. The van der Waals surface area contributed by atoms with E-state index >= 15 is 0 Å². The molecule has 0 saturated carbocycles. The molecule has 13 heteroatoms. The number of carbonyl (C=O) groups is 1. The Hall–Kier alpha value is -3.25. The van der Waals surface area contributed by atoms with Crippen molar-refractivity contribution in [3.8, 4) is 17.1 Å². The van der Waals surface area contributed by atoms with Gasteiger partial charge in [0.1, 0.15) is 10.8 Å². The zero-order valence-corrected chi connectivity index (χ0v) is 18.1. The predicted molar refractivity (Wildman–Crippen MR) is 115 cm³/mol. The van der Waals surface area contributed by atoms with Gasteiger partial charge in [0.15, 0.2) is 11.0 Å². The number of nitrogens with zero attached hydrogens (tertiary/aromatic N) is 4. The molecule has 0 spiro atoms. The van der Waals surface area contributed by atoms with Gasteiger partial charge in [-0.05, 0) is 31.2 Å². The van der Waals surface area contributed by atoms with Crippen LogP contribution in [0, 0.1) is 10.1 Å². The number of aromatic nitrogens is 3. The van der Waals surface area contributed by atoms with Gasteiger partial charge in [-0.25, -0.2) is 0 Å². The van der Waals surface area contributed by atoms with Crippen molar-refractivity contribution in [1.82, 2.24) is 14.8 Å². The van der Waals surface area contributed by atoms with E-state index in [-0.39, 0.29) is 27.9 Å². The number of hydrogen-bond acceptors (Lipinski definition) is 7. The summed E-state index contributed by atoms with van der Waals surface area (Å²) in [6.45, 7) is -0.755. The number of carbonyl (C=O) groups excluding carboxylic acids is 1. The summed E-state index contributed by atoms with van der Waals surface area (Å²) in [5, 5.41) is 22.0. The second kappa shape index (κ2) is 10.4. The molecule has 3 aromatic rings. The van der Waals surface area contributed by atoms with Crippen LogP contribution in [0.4, 0.5) is 20.2 Å². The average molecular weight is 484 g/mol. The molecule has 1 heterocycles. The van der Waals surface area contributed by atoms with E-state index in [1.165, 1.54) is 18.2 Å². The minimum Gasteiger partial charge on any atom is -0.434 e. The lowest BCUT2D eigenvalue weighted by atomic mass is 10.2. The minimum absolute atomic E-state index is 0.0387. The Kier molecular flexibility index (Phi) is 7.59. The van der Waals surface area contributed by atoms with Crippen LogP contribution < -0.4 is 10.1 Å². The molecule has 0 saturated heterocycles. The average Bonchev–Trinajstić information content (AvgIpc) is 3.16. The number of amides is 1. The molecule has 0 bridgehead atoms. The molecule has 0 aliphatic heterocycles. The van der Waals surface area contributed by atoms with E-state index in [4.69, 9.17) is 11.6 Å². The number of benzene rings is 2. The van der Waals surface area contributed by atoms with Gasteiger partial charge in [0.05, 0.1) is 16.2 Å². The molecule has 0 fully saturated rings. The van der Waals surface area contributed by atoms with Crippen molar-refractivity contribution in [3.63, 3.8) is 0 Å². The molecule has 1 aromatic heterocycles. The van der Waals surface area contributed by atoms with Gasteiger partial charge in [-0.1, -0.05) is 35.5 Å². The summed E-state index contributed by atoms with van der Waals surface area (Å²) in [5.74, 6) is -0.215. The number of nitro benzene ring substituents is 1. The summed E-state index contributed by atoms with van der Waals surface area (Å²) in [7, 11) is 0. The van der Waals surface area contributed by atoms with Crippen LogP contribution in [0.25, 0.3) is 11.4 Å². The lowest BCUT2D eigenvalue weighted by molar-refractivity contribution is -0.384. The highest BCUT2D eigenvalue weighted by molar-refractivity contribution is 7.99. The van der Waals surface area contributed by atoms with Gasteiger partial charge >= 0.3 is 6.61 Å². The highest BCUT2D eigenvalue weighted by Gasteiger charge is 2.19. The van der Waals surface area contributed by atoms with Crippen LogP contribution in [-0.2, 0) is 11.3 Å². The van der Waals surface area contributed by atoms with Crippen molar-refractivity contribution in [2.75, 3.05) is 11.1 Å². The Balaban J connectivity index is 1.73. The molecule has 168 valence electrons. The molecule has 2 aromatic carbocycles. The fourth-order valence-corrected chi connectivity index (χ4v) is 3.78. The smallest absolute Gasteiger partial charge is 0.387 e. The zero-order valence-electron chi connectivity index (χ0n) is 16.5. The van der Waals surface area contributed by atoms with Gasteiger partial charge in [-0.2, -0.15) is 8.78 Å². The van der Waals surface area contributed by atoms with Crippen molar-refractivity contribution in [3.05, 3.63) is 57.6 Å².